The Balaban J connectivity index is 2.44. The second kappa shape index (κ2) is 3.51. The first-order valence-corrected chi connectivity index (χ1v) is 4.30. The van der Waals surface area contributed by atoms with Crippen LogP contribution in [0.25, 0.3) is 11.5 Å². The Morgan fingerprint density at radius 1 is 1.29 bits per heavy atom. The number of oxazole rings is 1. The highest BCUT2D eigenvalue weighted by Crippen LogP contribution is 2.24. The van der Waals surface area contributed by atoms with Gasteiger partial charge in [0.1, 0.15) is 6.26 Å². The van der Waals surface area contributed by atoms with Gasteiger partial charge in [-0.2, -0.15) is 0 Å². The smallest absolute Gasteiger partial charge is 0.228 e. The Kier molecular flexibility index (Phi) is 2.20. The highest BCUT2D eigenvalue weighted by molar-refractivity contribution is 5.70. The van der Waals surface area contributed by atoms with Gasteiger partial charge in [-0.1, -0.05) is 12.1 Å². The highest BCUT2D eigenvalue weighted by atomic mass is 16.3. The SMILES string of the molecule is NCc1coc(-c2ccccc2N)n1. The van der Waals surface area contributed by atoms with Gasteiger partial charge in [-0.3, -0.25) is 0 Å². The molecule has 0 bridgehead atoms. The molecule has 2 aromatic rings. The van der Waals surface area contributed by atoms with Gasteiger partial charge in [0.2, 0.25) is 5.89 Å². The largest absolute Gasteiger partial charge is 0.444 e. The number of anilines is 1. The second-order valence-corrected chi connectivity index (χ2v) is 2.94. The number of benzene rings is 1. The van der Waals surface area contributed by atoms with E-state index in [2.05, 4.69) is 4.98 Å². The molecule has 0 aliphatic carbocycles. The highest BCUT2D eigenvalue weighted by Gasteiger charge is 2.07. The number of nitrogens with two attached hydrogens (primary N) is 2. The molecule has 1 heterocycles. The van der Waals surface area contributed by atoms with E-state index in [0.717, 1.165) is 11.3 Å². The van der Waals surface area contributed by atoms with Crippen molar-refractivity contribution in [3.8, 4) is 11.5 Å². The van der Waals surface area contributed by atoms with E-state index in [4.69, 9.17) is 15.9 Å². The molecule has 4 N–H and O–H groups in total. The van der Waals surface area contributed by atoms with Crippen LogP contribution < -0.4 is 11.5 Å². The zero-order chi connectivity index (χ0) is 9.97. The average Bonchev–Trinajstić information content (AvgIpc) is 2.67. The van der Waals surface area contributed by atoms with Crippen LogP contribution in [0.4, 0.5) is 5.69 Å². The monoisotopic (exact) mass is 189 g/mol. The Morgan fingerprint density at radius 3 is 2.71 bits per heavy atom. The van der Waals surface area contributed by atoms with E-state index in [1.165, 1.54) is 0 Å². The van der Waals surface area contributed by atoms with Gasteiger partial charge < -0.3 is 15.9 Å². The molecular weight excluding hydrogens is 178 g/mol. The minimum absolute atomic E-state index is 0.371. The van der Waals surface area contributed by atoms with Crippen molar-refractivity contribution in [1.29, 1.82) is 0 Å². The van der Waals surface area contributed by atoms with Crippen LogP contribution >= 0.6 is 0 Å². The van der Waals surface area contributed by atoms with Gasteiger partial charge in [-0.05, 0) is 12.1 Å². The van der Waals surface area contributed by atoms with Crippen LogP contribution in [-0.4, -0.2) is 4.98 Å². The summed E-state index contributed by atoms with van der Waals surface area (Å²) in [5, 5.41) is 0. The van der Waals surface area contributed by atoms with Crippen LogP contribution in [0.1, 0.15) is 5.69 Å². The van der Waals surface area contributed by atoms with Gasteiger partial charge in [0.15, 0.2) is 0 Å². The molecule has 0 amide bonds. The molecule has 0 fully saturated rings. The summed E-state index contributed by atoms with van der Waals surface area (Å²) in [5.41, 5.74) is 13.4. The maximum atomic E-state index is 5.77. The van der Waals surface area contributed by atoms with Crippen molar-refractivity contribution < 1.29 is 4.42 Å². The fourth-order valence-corrected chi connectivity index (χ4v) is 1.22. The first-order valence-electron chi connectivity index (χ1n) is 4.30. The predicted molar refractivity (Wildman–Crippen MR) is 54.2 cm³/mol. The molecule has 2 rings (SSSR count). The fourth-order valence-electron chi connectivity index (χ4n) is 1.22. The first kappa shape index (κ1) is 8.77. The molecule has 1 aromatic carbocycles. The topological polar surface area (TPSA) is 78.1 Å². The van der Waals surface area contributed by atoms with Crippen molar-refractivity contribution in [2.75, 3.05) is 5.73 Å². The minimum atomic E-state index is 0.371. The van der Waals surface area contributed by atoms with Gasteiger partial charge in [-0.15, -0.1) is 0 Å². The third kappa shape index (κ3) is 1.47. The second-order valence-electron chi connectivity index (χ2n) is 2.94. The molecule has 0 saturated heterocycles. The molecule has 0 aliphatic heterocycles. The number of rotatable bonds is 2. The fraction of sp³-hybridized carbons (Fsp3) is 0.100. The molecule has 0 atom stereocenters. The van der Waals surface area contributed by atoms with Crippen molar-refractivity contribution in [3.05, 3.63) is 36.2 Å². The lowest BCUT2D eigenvalue weighted by Gasteiger charge is -1.98. The summed E-state index contributed by atoms with van der Waals surface area (Å²) in [6.07, 6.45) is 1.54. The number of hydrogen-bond acceptors (Lipinski definition) is 4. The van der Waals surface area contributed by atoms with E-state index in [1.54, 1.807) is 6.26 Å². The Hall–Kier alpha value is -1.81. The van der Waals surface area contributed by atoms with E-state index in [9.17, 15) is 0 Å². The van der Waals surface area contributed by atoms with Gasteiger partial charge in [0, 0.05) is 12.2 Å². The van der Waals surface area contributed by atoms with Gasteiger partial charge >= 0.3 is 0 Å². The van der Waals surface area contributed by atoms with Crippen LogP contribution in [0.5, 0.6) is 0 Å². The van der Waals surface area contributed by atoms with E-state index in [-0.39, 0.29) is 0 Å². The molecule has 0 unspecified atom stereocenters. The molecule has 72 valence electrons. The Labute approximate surface area is 81.5 Å². The zero-order valence-corrected chi connectivity index (χ0v) is 7.60. The lowest BCUT2D eigenvalue weighted by Crippen LogP contribution is -1.96. The van der Waals surface area contributed by atoms with Crippen molar-refractivity contribution in [2.24, 2.45) is 5.73 Å². The van der Waals surface area contributed by atoms with E-state index in [0.29, 0.717) is 18.1 Å². The van der Waals surface area contributed by atoms with Crippen molar-refractivity contribution in [3.63, 3.8) is 0 Å². The average molecular weight is 189 g/mol. The molecule has 0 saturated carbocycles. The van der Waals surface area contributed by atoms with Gasteiger partial charge in [0.25, 0.3) is 0 Å². The van der Waals surface area contributed by atoms with Crippen LogP contribution in [-0.2, 0) is 6.54 Å². The predicted octanol–water partition coefficient (Wildman–Crippen LogP) is 1.38. The quantitative estimate of drug-likeness (QED) is 0.699. The number of nitrogens with zero attached hydrogens (tertiary/aromatic N) is 1. The first-order chi connectivity index (χ1) is 6.81. The van der Waals surface area contributed by atoms with Crippen LogP contribution in [0.3, 0.4) is 0 Å². The van der Waals surface area contributed by atoms with E-state index in [1.807, 2.05) is 24.3 Å². The van der Waals surface area contributed by atoms with Gasteiger partial charge in [0.05, 0.1) is 11.3 Å². The molecule has 14 heavy (non-hydrogen) atoms. The molecule has 0 aliphatic rings. The molecular formula is C10H11N3O. The van der Waals surface area contributed by atoms with Crippen LogP contribution in [0.2, 0.25) is 0 Å². The Bertz CT molecular complexity index is 436. The summed E-state index contributed by atoms with van der Waals surface area (Å²) >= 11 is 0. The third-order valence-corrected chi connectivity index (χ3v) is 1.95. The Morgan fingerprint density at radius 2 is 2.07 bits per heavy atom. The zero-order valence-electron chi connectivity index (χ0n) is 7.60. The van der Waals surface area contributed by atoms with Crippen molar-refractivity contribution in [1.82, 2.24) is 4.98 Å². The summed E-state index contributed by atoms with van der Waals surface area (Å²) in [7, 11) is 0. The molecule has 4 heteroatoms. The minimum Gasteiger partial charge on any atom is -0.444 e. The maximum absolute atomic E-state index is 5.77. The van der Waals surface area contributed by atoms with Crippen molar-refractivity contribution >= 4 is 5.69 Å². The third-order valence-electron chi connectivity index (χ3n) is 1.95. The molecule has 0 radical (unpaired) electrons. The molecule has 4 nitrogen and oxygen atoms in total. The normalized spacial score (nSPS) is 10.4. The summed E-state index contributed by atoms with van der Waals surface area (Å²) in [5.74, 6) is 0.517. The number of aromatic nitrogens is 1. The van der Waals surface area contributed by atoms with Gasteiger partial charge in [-0.25, -0.2) is 4.98 Å². The maximum Gasteiger partial charge on any atom is 0.228 e. The van der Waals surface area contributed by atoms with Crippen LogP contribution in [0.15, 0.2) is 34.9 Å². The summed E-state index contributed by atoms with van der Waals surface area (Å²) in [4.78, 5) is 4.19. The van der Waals surface area contributed by atoms with Crippen molar-refractivity contribution in [2.45, 2.75) is 6.54 Å². The molecule has 0 spiro atoms. The number of para-hydroxylation sites is 1. The standard InChI is InChI=1S/C10H11N3O/c11-5-7-6-14-10(13-7)8-3-1-2-4-9(8)12/h1-4,6H,5,11-12H2. The summed E-state index contributed by atoms with van der Waals surface area (Å²) in [6, 6.07) is 7.42. The summed E-state index contributed by atoms with van der Waals surface area (Å²) in [6.45, 7) is 0.371. The van der Waals surface area contributed by atoms with E-state index >= 15 is 0 Å². The van der Waals surface area contributed by atoms with E-state index < -0.39 is 0 Å². The lowest BCUT2D eigenvalue weighted by atomic mass is 10.2. The van der Waals surface area contributed by atoms with Crippen LogP contribution in [0, 0.1) is 0 Å². The molecule has 1 aromatic heterocycles. The lowest BCUT2D eigenvalue weighted by molar-refractivity contribution is 0.573. The number of nitrogen functional groups attached to an aromatic ring is 1. The number of hydrogen-bond donors (Lipinski definition) is 2. The summed E-state index contributed by atoms with van der Waals surface area (Å²) < 4.78 is 5.25.